The first-order chi connectivity index (χ1) is 17.9. The Morgan fingerprint density at radius 2 is 1.73 bits per heavy atom. The summed E-state index contributed by atoms with van der Waals surface area (Å²) in [4.78, 5) is 32.2. The van der Waals surface area contributed by atoms with E-state index in [1.807, 2.05) is 47.4 Å². The van der Waals surface area contributed by atoms with Crippen molar-refractivity contribution in [3.05, 3.63) is 106 Å². The number of rotatable bonds is 7. The van der Waals surface area contributed by atoms with Crippen LogP contribution in [0.5, 0.6) is 0 Å². The van der Waals surface area contributed by atoms with Gasteiger partial charge in [-0.15, -0.1) is 0 Å². The van der Waals surface area contributed by atoms with Crippen molar-refractivity contribution in [3.8, 4) is 0 Å². The molecule has 3 heterocycles. The number of nitrogens with zero attached hydrogens (tertiary/aromatic N) is 2. The van der Waals surface area contributed by atoms with Crippen molar-refractivity contribution in [2.45, 2.75) is 51.0 Å². The van der Waals surface area contributed by atoms with Crippen molar-refractivity contribution < 1.29 is 9.59 Å². The molecule has 2 bridgehead atoms. The molecule has 0 aromatic heterocycles. The lowest BCUT2D eigenvalue weighted by Gasteiger charge is -2.34. The average Bonchev–Trinajstić information content (AvgIpc) is 3.47. The van der Waals surface area contributed by atoms with Gasteiger partial charge in [0.1, 0.15) is 0 Å². The molecule has 5 nitrogen and oxygen atoms in total. The van der Waals surface area contributed by atoms with Gasteiger partial charge in [-0.05, 0) is 48.6 Å². The number of carbonyl (C=O) groups is 2. The molecular weight excluding hydrogens is 526 g/mol. The summed E-state index contributed by atoms with van der Waals surface area (Å²) in [5.41, 5.74) is 4.36. The maximum absolute atomic E-state index is 14.0. The van der Waals surface area contributed by atoms with Gasteiger partial charge < -0.3 is 10.2 Å². The van der Waals surface area contributed by atoms with Crippen LogP contribution in [0.25, 0.3) is 0 Å². The maximum atomic E-state index is 14.0. The minimum Gasteiger partial charge on any atom is -0.352 e. The first-order valence-electron chi connectivity index (χ1n) is 13.1. The Bertz CT molecular complexity index is 1310. The number of hydrogen-bond donors (Lipinski definition) is 1. The number of amides is 2. The molecule has 6 rings (SSSR count). The van der Waals surface area contributed by atoms with Gasteiger partial charge in [-0.3, -0.25) is 14.5 Å². The van der Waals surface area contributed by atoms with Gasteiger partial charge in [0.05, 0.1) is 17.4 Å². The number of halogens is 1. The van der Waals surface area contributed by atoms with Crippen LogP contribution in [-0.2, 0) is 29.2 Å². The van der Waals surface area contributed by atoms with Crippen LogP contribution >= 0.6 is 15.9 Å². The number of hydrogen-bond acceptors (Lipinski definition) is 3. The molecular formula is C31H32BrN3O2. The highest BCUT2D eigenvalue weighted by Gasteiger charge is 2.70. The highest BCUT2D eigenvalue weighted by atomic mass is 79.9. The summed E-state index contributed by atoms with van der Waals surface area (Å²) in [7, 11) is 0. The van der Waals surface area contributed by atoms with Gasteiger partial charge in [-0.1, -0.05) is 88.2 Å². The van der Waals surface area contributed by atoms with Crippen LogP contribution in [0, 0.1) is 18.8 Å². The third-order valence-electron chi connectivity index (χ3n) is 8.57. The Kier molecular flexibility index (Phi) is 6.41. The van der Waals surface area contributed by atoms with Crippen molar-refractivity contribution in [3.63, 3.8) is 0 Å². The van der Waals surface area contributed by atoms with E-state index in [1.165, 1.54) is 11.1 Å². The quantitative estimate of drug-likeness (QED) is 0.441. The fraction of sp³-hybridized carbons (Fsp3) is 0.355. The summed E-state index contributed by atoms with van der Waals surface area (Å²) in [5.74, 6) is -0.500. The average molecular weight is 559 g/mol. The minimum atomic E-state index is -0.331. The fourth-order valence-corrected chi connectivity index (χ4v) is 7.27. The van der Waals surface area contributed by atoms with Crippen LogP contribution in [0.4, 0.5) is 0 Å². The molecule has 1 spiro atoms. The molecule has 0 unspecified atom stereocenters. The normalized spacial score (nSPS) is 26.5. The van der Waals surface area contributed by atoms with E-state index < -0.39 is 0 Å². The van der Waals surface area contributed by atoms with E-state index in [0.29, 0.717) is 19.6 Å². The van der Waals surface area contributed by atoms with E-state index in [9.17, 15) is 9.59 Å². The molecule has 0 radical (unpaired) electrons. The molecule has 4 atom stereocenters. The predicted octanol–water partition coefficient (Wildman–Crippen LogP) is 5.07. The van der Waals surface area contributed by atoms with E-state index >= 15 is 0 Å². The lowest BCUT2D eigenvalue weighted by atomic mass is 9.72. The zero-order valence-corrected chi connectivity index (χ0v) is 22.7. The molecule has 3 aromatic carbocycles. The van der Waals surface area contributed by atoms with Crippen LogP contribution in [0.3, 0.4) is 0 Å². The number of benzene rings is 3. The van der Waals surface area contributed by atoms with Crippen LogP contribution in [0.1, 0.15) is 35.1 Å². The zero-order valence-electron chi connectivity index (χ0n) is 21.1. The Morgan fingerprint density at radius 3 is 2.49 bits per heavy atom. The molecule has 3 aliphatic rings. The molecule has 3 saturated heterocycles. The largest absolute Gasteiger partial charge is 0.352 e. The number of aryl methyl sites for hydroxylation is 1. The van der Waals surface area contributed by atoms with Crippen molar-refractivity contribution in [2.24, 2.45) is 11.8 Å². The molecule has 3 aromatic rings. The first-order valence-corrected chi connectivity index (χ1v) is 13.9. The van der Waals surface area contributed by atoms with Crippen LogP contribution < -0.4 is 5.32 Å². The molecule has 2 amide bonds. The molecule has 0 saturated carbocycles. The summed E-state index contributed by atoms with van der Waals surface area (Å²) >= 11 is 3.47. The standard InChI is InChI=1S/C31H32BrN3O2/c1-21-6-5-9-24(16-21)19-35-26-14-15-31(35)20-34(18-23-7-3-2-4-8-23)30(37)28(31)27(26)29(36)33-17-22-10-12-25(32)13-11-22/h2-13,16,26-28H,14-15,17-20H2,1H3,(H,33,36)/t26-,27+,28+,31-/m0/s1. The Hall–Kier alpha value is -2.96. The van der Waals surface area contributed by atoms with Crippen molar-refractivity contribution in [2.75, 3.05) is 6.54 Å². The van der Waals surface area contributed by atoms with E-state index in [0.717, 1.165) is 35.0 Å². The molecule has 1 N–H and O–H groups in total. The summed E-state index contributed by atoms with van der Waals surface area (Å²) in [6.45, 7) is 4.63. The van der Waals surface area contributed by atoms with Crippen molar-refractivity contribution in [1.29, 1.82) is 0 Å². The predicted molar refractivity (Wildman–Crippen MR) is 147 cm³/mol. The van der Waals surface area contributed by atoms with Crippen molar-refractivity contribution >= 4 is 27.7 Å². The second kappa shape index (κ2) is 9.73. The van der Waals surface area contributed by atoms with Gasteiger partial charge >= 0.3 is 0 Å². The Morgan fingerprint density at radius 1 is 0.973 bits per heavy atom. The topological polar surface area (TPSA) is 52.7 Å². The van der Waals surface area contributed by atoms with E-state index in [1.54, 1.807) is 0 Å². The summed E-state index contributed by atoms with van der Waals surface area (Å²) in [5, 5.41) is 3.18. The number of likely N-dealkylation sites (tertiary alicyclic amines) is 1. The number of nitrogens with one attached hydrogen (secondary N) is 1. The SMILES string of the molecule is Cc1cccc(CN2[C@H]3CC[C@@]24CN(Cc2ccccc2)C(=O)[C@H]4[C@@H]3C(=O)NCc2ccc(Br)cc2)c1. The highest BCUT2D eigenvalue weighted by molar-refractivity contribution is 9.10. The zero-order chi connectivity index (χ0) is 25.6. The molecule has 37 heavy (non-hydrogen) atoms. The van der Waals surface area contributed by atoms with Gasteiger partial charge in [0.15, 0.2) is 0 Å². The van der Waals surface area contributed by atoms with E-state index in [4.69, 9.17) is 0 Å². The summed E-state index contributed by atoms with van der Waals surface area (Å²) in [6, 6.07) is 26.9. The first kappa shape index (κ1) is 24.4. The van der Waals surface area contributed by atoms with E-state index in [-0.39, 0.29) is 35.2 Å². The molecule has 0 aliphatic carbocycles. The van der Waals surface area contributed by atoms with Crippen LogP contribution in [0.15, 0.2) is 83.3 Å². The Labute approximate surface area is 227 Å². The molecule has 190 valence electrons. The smallest absolute Gasteiger partial charge is 0.228 e. The van der Waals surface area contributed by atoms with Gasteiger partial charge in [0, 0.05) is 36.7 Å². The van der Waals surface area contributed by atoms with Gasteiger partial charge in [0.2, 0.25) is 11.8 Å². The molecule has 3 fully saturated rings. The third kappa shape index (κ3) is 4.40. The maximum Gasteiger partial charge on any atom is 0.228 e. The monoisotopic (exact) mass is 557 g/mol. The second-order valence-corrected chi connectivity index (χ2v) is 11.8. The second-order valence-electron chi connectivity index (χ2n) is 10.9. The van der Waals surface area contributed by atoms with Crippen LogP contribution in [-0.4, -0.2) is 39.7 Å². The Balaban J connectivity index is 1.29. The third-order valence-corrected chi connectivity index (χ3v) is 9.10. The van der Waals surface area contributed by atoms with Crippen molar-refractivity contribution in [1.82, 2.24) is 15.1 Å². The summed E-state index contributed by atoms with van der Waals surface area (Å²) in [6.07, 6.45) is 1.91. The lowest BCUT2D eigenvalue weighted by Crippen LogP contribution is -2.47. The highest BCUT2D eigenvalue weighted by Crippen LogP contribution is 2.58. The van der Waals surface area contributed by atoms with Crippen LogP contribution in [0.2, 0.25) is 0 Å². The fourth-order valence-electron chi connectivity index (χ4n) is 7.00. The van der Waals surface area contributed by atoms with Gasteiger partial charge in [-0.2, -0.15) is 0 Å². The molecule has 3 aliphatic heterocycles. The molecule has 6 heteroatoms. The number of fused-ring (bicyclic) bond motifs is 1. The van der Waals surface area contributed by atoms with Gasteiger partial charge in [-0.25, -0.2) is 0 Å². The number of carbonyl (C=O) groups excluding carboxylic acids is 2. The summed E-state index contributed by atoms with van der Waals surface area (Å²) < 4.78 is 1.01. The lowest BCUT2D eigenvalue weighted by molar-refractivity contribution is -0.138. The minimum absolute atomic E-state index is 0.00338. The van der Waals surface area contributed by atoms with Gasteiger partial charge in [0.25, 0.3) is 0 Å². The van der Waals surface area contributed by atoms with E-state index in [2.05, 4.69) is 69.5 Å².